The molecular formula is C13H16ClN3O4. The number of hydrogen-bond acceptors (Lipinski definition) is 5. The maximum absolute atomic E-state index is 12.2. The van der Waals surface area contributed by atoms with E-state index in [1.54, 1.807) is 0 Å². The molecule has 0 unspecified atom stereocenters. The number of ether oxygens (including phenoxy) is 1. The van der Waals surface area contributed by atoms with E-state index in [0.717, 1.165) is 19.0 Å². The quantitative estimate of drug-likeness (QED) is 0.522. The molecule has 0 atom stereocenters. The van der Waals surface area contributed by atoms with Gasteiger partial charge in [0, 0.05) is 19.8 Å². The molecule has 114 valence electrons. The van der Waals surface area contributed by atoms with Crippen LogP contribution >= 0.6 is 11.6 Å². The first-order chi connectivity index (χ1) is 9.91. The highest BCUT2D eigenvalue weighted by Gasteiger charge is 2.29. The third-order valence-electron chi connectivity index (χ3n) is 3.67. The van der Waals surface area contributed by atoms with E-state index >= 15 is 0 Å². The third-order valence-corrected chi connectivity index (χ3v) is 3.87. The van der Waals surface area contributed by atoms with Crippen molar-refractivity contribution in [1.82, 2.24) is 10.3 Å². The molecule has 2 heterocycles. The lowest BCUT2D eigenvalue weighted by Gasteiger charge is -2.33. The number of nitrogens with zero attached hydrogens (tertiary/aromatic N) is 2. The number of hydrogen-bond donors (Lipinski definition) is 1. The number of aromatic nitrogens is 1. The average Bonchev–Trinajstić information content (AvgIpc) is 2.45. The summed E-state index contributed by atoms with van der Waals surface area (Å²) in [5.74, 6) is -0.515. The molecule has 1 aromatic rings. The van der Waals surface area contributed by atoms with Crippen LogP contribution in [0.25, 0.3) is 0 Å². The van der Waals surface area contributed by atoms with Gasteiger partial charge in [-0.3, -0.25) is 14.9 Å². The van der Waals surface area contributed by atoms with Gasteiger partial charge in [-0.05, 0) is 24.3 Å². The molecule has 0 saturated carbocycles. The van der Waals surface area contributed by atoms with E-state index in [0.29, 0.717) is 19.8 Å². The molecule has 0 aromatic carbocycles. The minimum atomic E-state index is -0.644. The summed E-state index contributed by atoms with van der Waals surface area (Å²) in [6.07, 6.45) is 2.67. The Morgan fingerprint density at radius 2 is 2.24 bits per heavy atom. The Balaban J connectivity index is 2.09. The molecule has 8 heteroatoms. The monoisotopic (exact) mass is 313 g/mol. The number of pyridine rings is 1. The molecular weight excluding hydrogens is 298 g/mol. The Hall–Kier alpha value is -1.73. The molecule has 7 nitrogen and oxygen atoms in total. The standard InChI is InChI=1S/C13H16ClN3O4/c1-13(2-4-21-5-3-13)8-16-12(18)9-6-11(14)15-7-10(9)17(19)20/h6-7H,2-5,8H2,1H3,(H,16,18). The highest BCUT2D eigenvalue weighted by atomic mass is 35.5. The summed E-state index contributed by atoms with van der Waals surface area (Å²) < 4.78 is 5.29. The van der Waals surface area contributed by atoms with Crippen LogP contribution in [0.3, 0.4) is 0 Å². The lowest BCUT2D eigenvalue weighted by molar-refractivity contribution is -0.385. The minimum absolute atomic E-state index is 0.0445. The number of nitrogens with one attached hydrogen (secondary N) is 1. The predicted octanol–water partition coefficient (Wildman–Crippen LogP) is 2.19. The number of nitro groups is 1. The van der Waals surface area contributed by atoms with Crippen LogP contribution in [0.5, 0.6) is 0 Å². The second-order valence-corrected chi connectivity index (χ2v) is 5.77. The zero-order valence-electron chi connectivity index (χ0n) is 11.6. The van der Waals surface area contributed by atoms with E-state index in [-0.39, 0.29) is 21.8 Å². The van der Waals surface area contributed by atoms with Gasteiger partial charge in [0.05, 0.1) is 4.92 Å². The fourth-order valence-electron chi connectivity index (χ4n) is 2.18. The minimum Gasteiger partial charge on any atom is -0.381 e. The topological polar surface area (TPSA) is 94.4 Å². The molecule has 0 aliphatic carbocycles. The molecule has 1 aromatic heterocycles. The van der Waals surface area contributed by atoms with Crippen molar-refractivity contribution in [1.29, 1.82) is 0 Å². The summed E-state index contributed by atoms with van der Waals surface area (Å²) >= 11 is 5.71. The molecule has 0 radical (unpaired) electrons. The number of amides is 1. The Bertz CT molecular complexity index is 558. The zero-order chi connectivity index (χ0) is 15.5. The van der Waals surface area contributed by atoms with E-state index in [2.05, 4.69) is 17.2 Å². The van der Waals surface area contributed by atoms with Gasteiger partial charge in [0.15, 0.2) is 0 Å². The molecule has 0 bridgehead atoms. The summed E-state index contributed by atoms with van der Waals surface area (Å²) in [6.45, 7) is 3.82. The van der Waals surface area contributed by atoms with E-state index in [9.17, 15) is 14.9 Å². The molecule has 21 heavy (non-hydrogen) atoms. The summed E-state index contributed by atoms with van der Waals surface area (Å²) in [5, 5.41) is 13.7. The van der Waals surface area contributed by atoms with Crippen molar-refractivity contribution in [3.05, 3.63) is 33.1 Å². The van der Waals surface area contributed by atoms with Gasteiger partial charge in [-0.2, -0.15) is 0 Å². The van der Waals surface area contributed by atoms with Crippen molar-refractivity contribution in [2.45, 2.75) is 19.8 Å². The predicted molar refractivity (Wildman–Crippen MR) is 76.4 cm³/mol. The Morgan fingerprint density at radius 1 is 1.57 bits per heavy atom. The summed E-state index contributed by atoms with van der Waals surface area (Å²) in [4.78, 5) is 26.1. The molecule has 1 amide bonds. The molecule has 1 saturated heterocycles. The molecule has 1 aliphatic heterocycles. The second-order valence-electron chi connectivity index (χ2n) is 5.39. The van der Waals surface area contributed by atoms with Crippen molar-refractivity contribution in [2.24, 2.45) is 5.41 Å². The van der Waals surface area contributed by atoms with Crippen LogP contribution in [0.4, 0.5) is 5.69 Å². The molecule has 1 aliphatic rings. The van der Waals surface area contributed by atoms with Crippen molar-refractivity contribution in [3.63, 3.8) is 0 Å². The van der Waals surface area contributed by atoms with E-state index in [1.807, 2.05) is 0 Å². The van der Waals surface area contributed by atoms with Crippen LogP contribution < -0.4 is 5.32 Å². The highest BCUT2D eigenvalue weighted by molar-refractivity contribution is 6.29. The smallest absolute Gasteiger partial charge is 0.300 e. The maximum Gasteiger partial charge on any atom is 0.300 e. The molecule has 0 spiro atoms. The van der Waals surface area contributed by atoms with Gasteiger partial charge in [-0.25, -0.2) is 4.98 Å². The van der Waals surface area contributed by atoms with Crippen LogP contribution in [0.1, 0.15) is 30.1 Å². The first-order valence-corrected chi connectivity index (χ1v) is 6.95. The second kappa shape index (κ2) is 6.36. The van der Waals surface area contributed by atoms with Crippen LogP contribution in [-0.4, -0.2) is 35.6 Å². The lowest BCUT2D eigenvalue weighted by atomic mass is 9.82. The van der Waals surface area contributed by atoms with Gasteiger partial charge in [-0.15, -0.1) is 0 Å². The number of rotatable bonds is 4. The van der Waals surface area contributed by atoms with Gasteiger partial charge in [0.25, 0.3) is 11.6 Å². The highest BCUT2D eigenvalue weighted by Crippen LogP contribution is 2.29. The van der Waals surface area contributed by atoms with Crippen molar-refractivity contribution in [3.8, 4) is 0 Å². The number of carbonyl (C=O) groups excluding carboxylic acids is 1. The van der Waals surface area contributed by atoms with Crippen molar-refractivity contribution in [2.75, 3.05) is 19.8 Å². The third kappa shape index (κ3) is 3.89. The van der Waals surface area contributed by atoms with Gasteiger partial charge in [0.1, 0.15) is 16.9 Å². The van der Waals surface area contributed by atoms with Crippen molar-refractivity contribution >= 4 is 23.2 Å². The lowest BCUT2D eigenvalue weighted by Crippen LogP contribution is -2.39. The fraction of sp³-hybridized carbons (Fsp3) is 0.538. The molecule has 1 fully saturated rings. The summed E-state index contributed by atoms with van der Waals surface area (Å²) in [6, 6.07) is 1.21. The van der Waals surface area contributed by atoms with E-state index in [4.69, 9.17) is 16.3 Å². The van der Waals surface area contributed by atoms with Crippen LogP contribution in [-0.2, 0) is 4.74 Å². The van der Waals surface area contributed by atoms with Gasteiger partial charge < -0.3 is 10.1 Å². The van der Waals surface area contributed by atoms with Gasteiger partial charge in [0.2, 0.25) is 0 Å². The average molecular weight is 314 g/mol. The molecule has 2 rings (SSSR count). The van der Waals surface area contributed by atoms with E-state index < -0.39 is 10.8 Å². The Morgan fingerprint density at radius 3 is 2.86 bits per heavy atom. The zero-order valence-corrected chi connectivity index (χ0v) is 12.4. The normalized spacial score (nSPS) is 17.2. The fourth-order valence-corrected chi connectivity index (χ4v) is 2.34. The van der Waals surface area contributed by atoms with Gasteiger partial charge in [-0.1, -0.05) is 18.5 Å². The summed E-state index contributed by atoms with van der Waals surface area (Å²) in [5.41, 5.74) is -0.482. The Kier molecular flexibility index (Phi) is 4.74. The number of carbonyl (C=O) groups is 1. The SMILES string of the molecule is CC1(CNC(=O)c2cc(Cl)ncc2[N+](=O)[O-])CCOCC1. The first-order valence-electron chi connectivity index (χ1n) is 6.57. The van der Waals surface area contributed by atoms with Crippen LogP contribution in [0, 0.1) is 15.5 Å². The Labute approximate surface area is 126 Å². The van der Waals surface area contributed by atoms with Crippen LogP contribution in [0.15, 0.2) is 12.3 Å². The number of halogens is 1. The van der Waals surface area contributed by atoms with Gasteiger partial charge >= 0.3 is 0 Å². The summed E-state index contributed by atoms with van der Waals surface area (Å²) in [7, 11) is 0. The largest absolute Gasteiger partial charge is 0.381 e. The van der Waals surface area contributed by atoms with E-state index in [1.165, 1.54) is 6.07 Å². The van der Waals surface area contributed by atoms with Crippen LogP contribution in [0.2, 0.25) is 5.15 Å². The van der Waals surface area contributed by atoms with Crippen molar-refractivity contribution < 1.29 is 14.5 Å². The molecule has 1 N–H and O–H groups in total. The first kappa shape index (κ1) is 15.7. The maximum atomic E-state index is 12.2.